The molecule has 1 fully saturated rings. The third-order valence-electron chi connectivity index (χ3n) is 4.18. The van der Waals surface area contributed by atoms with Crippen LogP contribution in [0.4, 0.5) is 0 Å². The zero-order valence-electron chi connectivity index (χ0n) is 11.5. The van der Waals surface area contributed by atoms with Gasteiger partial charge in [-0.25, -0.2) is 0 Å². The van der Waals surface area contributed by atoms with Crippen LogP contribution >= 0.6 is 0 Å². The van der Waals surface area contributed by atoms with E-state index in [9.17, 15) is 4.79 Å². The number of hydrogen-bond acceptors (Lipinski definition) is 2. The molecule has 1 aliphatic carbocycles. The lowest BCUT2D eigenvalue weighted by molar-refractivity contribution is -0.120. The lowest BCUT2D eigenvalue weighted by Crippen LogP contribution is -2.09. The van der Waals surface area contributed by atoms with Crippen LogP contribution in [0.5, 0.6) is 5.75 Å². The van der Waals surface area contributed by atoms with Crippen LogP contribution in [0.25, 0.3) is 10.9 Å². The Balaban J connectivity index is 1.97. The molecule has 0 saturated heterocycles. The summed E-state index contributed by atoms with van der Waals surface area (Å²) < 4.78 is 7.39. The third-order valence-corrected chi connectivity index (χ3v) is 4.18. The Bertz CT molecular complexity index is 627. The molecule has 3 nitrogen and oxygen atoms in total. The van der Waals surface area contributed by atoms with Crippen molar-refractivity contribution < 1.29 is 9.53 Å². The highest BCUT2D eigenvalue weighted by molar-refractivity contribution is 5.87. The van der Waals surface area contributed by atoms with E-state index in [1.54, 1.807) is 7.11 Å². The average molecular weight is 257 g/mol. The molecule has 0 bridgehead atoms. The van der Waals surface area contributed by atoms with Crippen molar-refractivity contribution in [2.45, 2.75) is 25.7 Å². The number of benzene rings is 1. The topological polar surface area (TPSA) is 31.2 Å². The van der Waals surface area contributed by atoms with Gasteiger partial charge in [-0.3, -0.25) is 4.79 Å². The van der Waals surface area contributed by atoms with Crippen molar-refractivity contribution in [1.82, 2.24) is 4.57 Å². The van der Waals surface area contributed by atoms with E-state index in [0.717, 1.165) is 31.4 Å². The molecule has 1 aromatic carbocycles. The number of Topliss-reactive ketones (excluding diaryl/α,β-unsaturated/α-hetero) is 1. The highest BCUT2D eigenvalue weighted by Crippen LogP contribution is 2.30. The number of ether oxygens (including phenoxy) is 1. The summed E-state index contributed by atoms with van der Waals surface area (Å²) in [4.78, 5) is 11.8. The van der Waals surface area contributed by atoms with Gasteiger partial charge in [0, 0.05) is 37.0 Å². The normalized spacial score (nSPS) is 19.3. The lowest BCUT2D eigenvalue weighted by atomic mass is 9.97. The first kappa shape index (κ1) is 12.3. The summed E-state index contributed by atoms with van der Waals surface area (Å²) in [6, 6.07) is 6.14. The number of aryl methyl sites for hydroxylation is 1. The zero-order valence-corrected chi connectivity index (χ0v) is 11.5. The smallest absolute Gasteiger partial charge is 0.136 e. The van der Waals surface area contributed by atoms with E-state index in [4.69, 9.17) is 4.74 Å². The Kier molecular flexibility index (Phi) is 3.05. The number of carbonyl (C=O) groups excluding carboxylic acids is 1. The van der Waals surface area contributed by atoms with E-state index in [1.165, 1.54) is 16.5 Å². The van der Waals surface area contributed by atoms with Crippen molar-refractivity contribution in [2.24, 2.45) is 13.0 Å². The molecule has 0 amide bonds. The predicted molar refractivity (Wildman–Crippen MR) is 75.5 cm³/mol. The first-order valence-electron chi connectivity index (χ1n) is 6.83. The second kappa shape index (κ2) is 4.72. The van der Waals surface area contributed by atoms with Crippen molar-refractivity contribution in [1.29, 1.82) is 0 Å². The first-order chi connectivity index (χ1) is 9.19. The lowest BCUT2D eigenvalue weighted by Gasteiger charge is -2.06. The predicted octanol–water partition coefficient (Wildman–Crippen LogP) is 3.10. The molecule has 2 aromatic rings. The Morgan fingerprint density at radius 3 is 2.95 bits per heavy atom. The van der Waals surface area contributed by atoms with E-state index in [0.29, 0.717) is 5.78 Å². The highest BCUT2D eigenvalue weighted by Gasteiger charge is 2.25. The quantitative estimate of drug-likeness (QED) is 0.846. The summed E-state index contributed by atoms with van der Waals surface area (Å²) in [5, 5.41) is 1.24. The second-order valence-electron chi connectivity index (χ2n) is 5.41. The average Bonchev–Trinajstić information content (AvgIpc) is 2.95. The molecule has 19 heavy (non-hydrogen) atoms. The van der Waals surface area contributed by atoms with Crippen LogP contribution < -0.4 is 4.74 Å². The largest absolute Gasteiger partial charge is 0.497 e. The van der Waals surface area contributed by atoms with Gasteiger partial charge in [0.2, 0.25) is 0 Å². The maximum Gasteiger partial charge on any atom is 0.136 e. The monoisotopic (exact) mass is 257 g/mol. The van der Waals surface area contributed by atoms with Crippen LogP contribution in [0.1, 0.15) is 24.8 Å². The minimum absolute atomic E-state index is 0.229. The molecule has 1 saturated carbocycles. The highest BCUT2D eigenvalue weighted by atomic mass is 16.5. The van der Waals surface area contributed by atoms with Gasteiger partial charge >= 0.3 is 0 Å². The molecule has 1 aromatic heterocycles. The van der Waals surface area contributed by atoms with E-state index >= 15 is 0 Å². The Morgan fingerprint density at radius 1 is 1.42 bits per heavy atom. The number of fused-ring (bicyclic) bond motifs is 1. The van der Waals surface area contributed by atoms with Gasteiger partial charge in [0.05, 0.1) is 12.6 Å². The van der Waals surface area contributed by atoms with Crippen LogP contribution in [0.15, 0.2) is 24.4 Å². The fourth-order valence-corrected chi connectivity index (χ4v) is 3.11. The fourth-order valence-electron chi connectivity index (χ4n) is 3.11. The minimum Gasteiger partial charge on any atom is -0.497 e. The molecule has 3 heteroatoms. The van der Waals surface area contributed by atoms with Crippen LogP contribution in [-0.2, 0) is 18.3 Å². The summed E-state index contributed by atoms with van der Waals surface area (Å²) in [6.07, 6.45) is 5.90. The molecule has 100 valence electrons. The minimum atomic E-state index is 0.229. The third kappa shape index (κ3) is 2.14. The SMILES string of the molecule is COc1ccc2c(CC3CCCC3=O)cn(C)c2c1. The molecular weight excluding hydrogens is 238 g/mol. The maximum absolute atomic E-state index is 11.8. The molecule has 3 rings (SSSR count). The second-order valence-corrected chi connectivity index (χ2v) is 5.41. The number of carbonyl (C=O) groups is 1. The van der Waals surface area contributed by atoms with Crippen LogP contribution in [0, 0.1) is 5.92 Å². The van der Waals surface area contributed by atoms with Crippen LogP contribution in [0.2, 0.25) is 0 Å². The van der Waals surface area contributed by atoms with Gasteiger partial charge in [-0.15, -0.1) is 0 Å². The molecule has 1 heterocycles. The summed E-state index contributed by atoms with van der Waals surface area (Å²) in [6.45, 7) is 0. The summed E-state index contributed by atoms with van der Waals surface area (Å²) in [5.41, 5.74) is 2.44. The van der Waals surface area contributed by atoms with Crippen molar-refractivity contribution in [3.8, 4) is 5.75 Å². The molecule has 0 aliphatic heterocycles. The van der Waals surface area contributed by atoms with Crippen molar-refractivity contribution in [3.05, 3.63) is 30.0 Å². The van der Waals surface area contributed by atoms with Crippen molar-refractivity contribution in [3.63, 3.8) is 0 Å². The van der Waals surface area contributed by atoms with E-state index in [2.05, 4.69) is 22.9 Å². The zero-order chi connectivity index (χ0) is 13.4. The summed E-state index contributed by atoms with van der Waals surface area (Å²) in [7, 11) is 3.73. The van der Waals surface area contributed by atoms with Crippen molar-refractivity contribution >= 4 is 16.7 Å². The van der Waals surface area contributed by atoms with Gasteiger partial charge in [-0.05, 0) is 37.0 Å². The number of rotatable bonds is 3. The number of methoxy groups -OCH3 is 1. The Morgan fingerprint density at radius 2 is 2.26 bits per heavy atom. The van der Waals surface area contributed by atoms with E-state index in [1.807, 2.05) is 13.1 Å². The van der Waals surface area contributed by atoms with Gasteiger partial charge in [-0.2, -0.15) is 0 Å². The Hall–Kier alpha value is -1.77. The summed E-state index contributed by atoms with van der Waals surface area (Å²) in [5.74, 6) is 1.54. The number of nitrogens with zero attached hydrogens (tertiary/aromatic N) is 1. The molecule has 0 radical (unpaired) electrons. The number of ketones is 1. The molecular formula is C16H19NO2. The van der Waals surface area contributed by atoms with E-state index < -0.39 is 0 Å². The fraction of sp³-hybridized carbons (Fsp3) is 0.438. The van der Waals surface area contributed by atoms with Gasteiger partial charge in [-0.1, -0.05) is 0 Å². The van der Waals surface area contributed by atoms with Crippen LogP contribution in [-0.4, -0.2) is 17.5 Å². The first-order valence-corrected chi connectivity index (χ1v) is 6.83. The summed E-state index contributed by atoms with van der Waals surface area (Å²) >= 11 is 0. The van der Waals surface area contributed by atoms with Gasteiger partial charge in [0.1, 0.15) is 11.5 Å². The van der Waals surface area contributed by atoms with Gasteiger partial charge < -0.3 is 9.30 Å². The van der Waals surface area contributed by atoms with E-state index in [-0.39, 0.29) is 5.92 Å². The molecule has 1 unspecified atom stereocenters. The molecule has 1 aliphatic rings. The standard InChI is InChI=1S/C16H19NO2/c1-17-10-12(8-11-4-3-5-16(11)18)14-7-6-13(19-2)9-15(14)17/h6-7,9-11H,3-5,8H2,1-2H3. The van der Waals surface area contributed by atoms with Crippen LogP contribution in [0.3, 0.4) is 0 Å². The van der Waals surface area contributed by atoms with Gasteiger partial charge in [0.25, 0.3) is 0 Å². The van der Waals surface area contributed by atoms with Gasteiger partial charge in [0.15, 0.2) is 0 Å². The molecule has 0 spiro atoms. The van der Waals surface area contributed by atoms with Crippen molar-refractivity contribution in [2.75, 3.05) is 7.11 Å². The number of aromatic nitrogens is 1. The molecule has 0 N–H and O–H groups in total. The molecule has 1 atom stereocenters. The Labute approximate surface area is 113 Å². The maximum atomic E-state index is 11.8. The number of hydrogen-bond donors (Lipinski definition) is 0.